The fourth-order valence-corrected chi connectivity index (χ4v) is 3.79. The standard InChI is InChI=1S/C22H20ClFN2O5/c23-16-10-15(24)4-6-19(16)30-12-18(27)14-3-5-20-17(9-14)26(22(29)13-31-20)11-21(28)25-7-1-2-8-25/h3-6,9-10H,1-2,7-8,11-13H2. The van der Waals surface area contributed by atoms with Gasteiger partial charge in [0, 0.05) is 18.7 Å². The van der Waals surface area contributed by atoms with Gasteiger partial charge in [-0.25, -0.2) is 4.39 Å². The number of halogens is 2. The molecule has 0 atom stereocenters. The van der Waals surface area contributed by atoms with E-state index >= 15 is 0 Å². The van der Waals surface area contributed by atoms with Crippen LogP contribution < -0.4 is 14.4 Å². The van der Waals surface area contributed by atoms with Gasteiger partial charge in [0.05, 0.1) is 10.7 Å². The van der Waals surface area contributed by atoms with E-state index in [9.17, 15) is 18.8 Å². The van der Waals surface area contributed by atoms with Gasteiger partial charge < -0.3 is 14.4 Å². The Morgan fingerprint density at radius 2 is 1.90 bits per heavy atom. The highest BCUT2D eigenvalue weighted by Gasteiger charge is 2.30. The molecule has 2 aromatic rings. The molecule has 2 aliphatic heterocycles. The van der Waals surface area contributed by atoms with E-state index in [-0.39, 0.29) is 53.7 Å². The molecule has 2 aromatic carbocycles. The van der Waals surface area contributed by atoms with Crippen LogP contribution in [0.1, 0.15) is 23.2 Å². The molecule has 0 aliphatic carbocycles. The molecule has 4 rings (SSSR count). The topological polar surface area (TPSA) is 76.2 Å². The number of nitrogens with zero attached hydrogens (tertiary/aromatic N) is 2. The molecule has 1 fully saturated rings. The Morgan fingerprint density at radius 1 is 1.13 bits per heavy atom. The summed E-state index contributed by atoms with van der Waals surface area (Å²) in [5.41, 5.74) is 0.656. The molecule has 1 saturated heterocycles. The first-order valence-corrected chi connectivity index (χ1v) is 10.3. The Balaban J connectivity index is 1.50. The summed E-state index contributed by atoms with van der Waals surface area (Å²) >= 11 is 5.92. The average molecular weight is 447 g/mol. The van der Waals surface area contributed by atoms with Crippen LogP contribution >= 0.6 is 11.6 Å². The lowest BCUT2D eigenvalue weighted by atomic mass is 10.1. The third-order valence-electron chi connectivity index (χ3n) is 5.23. The van der Waals surface area contributed by atoms with E-state index in [0.717, 1.165) is 18.9 Å². The van der Waals surface area contributed by atoms with Gasteiger partial charge in [0.2, 0.25) is 5.91 Å². The molecule has 0 N–H and O–H groups in total. The molecule has 7 nitrogen and oxygen atoms in total. The number of amides is 2. The number of likely N-dealkylation sites (tertiary alicyclic amines) is 1. The highest BCUT2D eigenvalue weighted by Crippen LogP contribution is 2.33. The Morgan fingerprint density at radius 3 is 2.65 bits per heavy atom. The lowest BCUT2D eigenvalue weighted by molar-refractivity contribution is -0.131. The molecule has 2 amide bonds. The van der Waals surface area contributed by atoms with Gasteiger partial charge in [-0.3, -0.25) is 19.3 Å². The zero-order valence-electron chi connectivity index (χ0n) is 16.6. The maximum Gasteiger partial charge on any atom is 0.265 e. The van der Waals surface area contributed by atoms with Crippen molar-refractivity contribution in [2.24, 2.45) is 0 Å². The van der Waals surface area contributed by atoms with Gasteiger partial charge in [0.1, 0.15) is 23.9 Å². The van der Waals surface area contributed by atoms with E-state index in [1.807, 2.05) is 0 Å². The number of anilines is 1. The van der Waals surface area contributed by atoms with Crippen LogP contribution in [0, 0.1) is 5.82 Å². The molecule has 0 bridgehead atoms. The van der Waals surface area contributed by atoms with Crippen LogP contribution in [0.2, 0.25) is 5.02 Å². The van der Waals surface area contributed by atoms with Crippen LogP contribution in [0.15, 0.2) is 36.4 Å². The number of fused-ring (bicyclic) bond motifs is 1. The second-order valence-electron chi connectivity index (χ2n) is 7.33. The minimum absolute atomic E-state index is 0.0591. The molecule has 2 heterocycles. The normalized spacial score (nSPS) is 15.5. The van der Waals surface area contributed by atoms with E-state index in [1.54, 1.807) is 17.0 Å². The number of ether oxygens (including phenoxy) is 2. The highest BCUT2D eigenvalue weighted by molar-refractivity contribution is 6.32. The molecule has 162 valence electrons. The van der Waals surface area contributed by atoms with E-state index < -0.39 is 5.82 Å². The number of benzene rings is 2. The van der Waals surface area contributed by atoms with Gasteiger partial charge in [0.15, 0.2) is 19.0 Å². The number of rotatable bonds is 6. The van der Waals surface area contributed by atoms with Crippen molar-refractivity contribution in [2.75, 3.05) is 37.7 Å². The average Bonchev–Trinajstić information content (AvgIpc) is 3.29. The SMILES string of the molecule is O=C(COc1ccc(F)cc1Cl)c1ccc2c(c1)N(CC(=O)N1CCCC1)C(=O)CO2. The van der Waals surface area contributed by atoms with E-state index in [4.69, 9.17) is 21.1 Å². The number of hydrogen-bond acceptors (Lipinski definition) is 5. The highest BCUT2D eigenvalue weighted by atomic mass is 35.5. The quantitative estimate of drug-likeness (QED) is 0.637. The number of Topliss-reactive ketones (excluding diaryl/α,β-unsaturated/α-hetero) is 1. The predicted molar refractivity (Wildman–Crippen MR) is 111 cm³/mol. The molecular weight excluding hydrogens is 427 g/mol. The summed E-state index contributed by atoms with van der Waals surface area (Å²) < 4.78 is 24.0. The first-order valence-electron chi connectivity index (χ1n) is 9.88. The van der Waals surface area contributed by atoms with Crippen molar-refractivity contribution in [3.63, 3.8) is 0 Å². The van der Waals surface area contributed by atoms with Crippen molar-refractivity contribution in [3.05, 3.63) is 52.8 Å². The van der Waals surface area contributed by atoms with Crippen molar-refractivity contribution in [2.45, 2.75) is 12.8 Å². The second-order valence-corrected chi connectivity index (χ2v) is 7.73. The van der Waals surface area contributed by atoms with Crippen LogP contribution in [0.4, 0.5) is 10.1 Å². The molecule has 0 radical (unpaired) electrons. The molecule has 0 saturated carbocycles. The van der Waals surface area contributed by atoms with Gasteiger partial charge in [-0.15, -0.1) is 0 Å². The molecule has 0 spiro atoms. The van der Waals surface area contributed by atoms with Gasteiger partial charge >= 0.3 is 0 Å². The summed E-state index contributed by atoms with van der Waals surface area (Å²) in [6, 6.07) is 8.29. The van der Waals surface area contributed by atoms with Gasteiger partial charge in [-0.05, 0) is 49.2 Å². The Labute approximate surface area is 183 Å². The summed E-state index contributed by atoms with van der Waals surface area (Å²) in [4.78, 5) is 40.7. The van der Waals surface area contributed by atoms with E-state index in [1.165, 1.54) is 23.1 Å². The first kappa shape index (κ1) is 21.1. The molecule has 9 heteroatoms. The van der Waals surface area contributed by atoms with Crippen LogP contribution in [-0.2, 0) is 9.59 Å². The smallest absolute Gasteiger partial charge is 0.265 e. The molecule has 0 unspecified atom stereocenters. The Kier molecular flexibility index (Phi) is 6.08. The zero-order chi connectivity index (χ0) is 22.0. The van der Waals surface area contributed by atoms with Crippen LogP contribution in [0.25, 0.3) is 0 Å². The van der Waals surface area contributed by atoms with Crippen molar-refractivity contribution < 1.29 is 28.2 Å². The second kappa shape index (κ2) is 8.93. The van der Waals surface area contributed by atoms with Crippen LogP contribution in [-0.4, -0.2) is 55.3 Å². The van der Waals surface area contributed by atoms with Crippen molar-refractivity contribution in [1.29, 1.82) is 0 Å². The summed E-state index contributed by atoms with van der Waals surface area (Å²) in [5, 5.41) is 0.0591. The van der Waals surface area contributed by atoms with Crippen LogP contribution in [0.3, 0.4) is 0 Å². The number of ketones is 1. The largest absolute Gasteiger partial charge is 0.484 e. The lowest BCUT2D eigenvalue weighted by Crippen LogP contribution is -2.46. The fourth-order valence-electron chi connectivity index (χ4n) is 3.57. The molecule has 2 aliphatic rings. The summed E-state index contributed by atoms with van der Waals surface area (Å²) in [7, 11) is 0. The minimum atomic E-state index is -0.508. The number of carbonyl (C=O) groups is 3. The van der Waals surface area contributed by atoms with E-state index in [2.05, 4.69) is 0 Å². The van der Waals surface area contributed by atoms with Crippen molar-refractivity contribution in [3.8, 4) is 11.5 Å². The number of hydrogen-bond donors (Lipinski definition) is 0. The number of carbonyl (C=O) groups excluding carboxylic acids is 3. The fraction of sp³-hybridized carbons (Fsp3) is 0.318. The maximum atomic E-state index is 13.2. The third-order valence-corrected chi connectivity index (χ3v) is 5.52. The van der Waals surface area contributed by atoms with Gasteiger partial charge in [0.25, 0.3) is 5.91 Å². The Bertz CT molecular complexity index is 1040. The summed E-state index contributed by atoms with van der Waals surface area (Å²) in [5.74, 6) is -0.749. The molecular formula is C22H20ClFN2O5. The van der Waals surface area contributed by atoms with Gasteiger partial charge in [-0.1, -0.05) is 11.6 Å². The lowest BCUT2D eigenvalue weighted by Gasteiger charge is -2.30. The zero-order valence-corrected chi connectivity index (χ0v) is 17.4. The first-order chi connectivity index (χ1) is 14.9. The minimum Gasteiger partial charge on any atom is -0.484 e. The predicted octanol–water partition coefficient (Wildman–Crippen LogP) is 3.09. The third kappa shape index (κ3) is 4.64. The summed E-state index contributed by atoms with van der Waals surface area (Å²) in [6.07, 6.45) is 1.91. The monoisotopic (exact) mass is 446 g/mol. The molecule has 0 aromatic heterocycles. The van der Waals surface area contributed by atoms with E-state index in [0.29, 0.717) is 24.5 Å². The van der Waals surface area contributed by atoms with Crippen LogP contribution in [0.5, 0.6) is 11.5 Å². The van der Waals surface area contributed by atoms with Crippen molar-refractivity contribution in [1.82, 2.24) is 4.90 Å². The van der Waals surface area contributed by atoms with Gasteiger partial charge in [-0.2, -0.15) is 0 Å². The summed E-state index contributed by atoms with van der Waals surface area (Å²) in [6.45, 7) is 0.776. The Hall–Kier alpha value is -3.13. The maximum absolute atomic E-state index is 13.2. The molecule has 31 heavy (non-hydrogen) atoms. The van der Waals surface area contributed by atoms with Crippen molar-refractivity contribution >= 4 is 34.9 Å².